The van der Waals surface area contributed by atoms with Gasteiger partial charge in [0.15, 0.2) is 0 Å². The summed E-state index contributed by atoms with van der Waals surface area (Å²) in [7, 11) is 3.91. The fraction of sp³-hybridized carbons (Fsp3) is 0.273. The Hall–Kier alpha value is -1.44. The van der Waals surface area contributed by atoms with E-state index in [1.165, 1.54) is 0 Å². The molecule has 1 rings (SSSR count). The van der Waals surface area contributed by atoms with Crippen LogP contribution >= 0.6 is 0 Å². The fourth-order valence-electron chi connectivity index (χ4n) is 1.40. The third-order valence-corrected chi connectivity index (χ3v) is 2.49. The number of hydrogen-bond acceptors (Lipinski definition) is 2. The molecule has 2 heteroatoms. The number of allylic oxidation sites excluding steroid dienone is 1. The van der Waals surface area contributed by atoms with Crippen LogP contribution in [-0.4, -0.2) is 23.9 Å². The first-order valence-corrected chi connectivity index (χ1v) is 4.22. The maximum atomic E-state index is 3.99. The Balaban J connectivity index is 3.14. The van der Waals surface area contributed by atoms with E-state index in [1.54, 1.807) is 0 Å². The third kappa shape index (κ3) is 1.28. The minimum absolute atomic E-state index is 0.903. The Morgan fingerprint density at radius 2 is 1.38 bits per heavy atom. The zero-order valence-electron chi connectivity index (χ0n) is 8.59. The molecule has 1 heterocycles. The average molecular weight is 176 g/mol. The quantitative estimate of drug-likeness (QED) is 0.559. The molecule has 0 unspecified atom stereocenters. The van der Waals surface area contributed by atoms with Crippen molar-refractivity contribution in [1.29, 1.82) is 0 Å². The maximum Gasteiger partial charge on any atom is 0.105 e. The van der Waals surface area contributed by atoms with Crippen LogP contribution in [0.25, 0.3) is 0 Å². The Morgan fingerprint density at radius 1 is 1.00 bits per heavy atom. The molecule has 0 amide bonds. The predicted octanol–water partition coefficient (Wildman–Crippen LogP) is 2.31. The van der Waals surface area contributed by atoms with Crippen molar-refractivity contribution in [1.82, 2.24) is 9.80 Å². The standard InChI is InChI=1S/C11H16N2/c1-7-11-8(2)12(5)10(4)13(6)9(11)3/h7H,2-4H2,1,5-6H3. The molecule has 13 heavy (non-hydrogen) atoms. The van der Waals surface area contributed by atoms with Crippen molar-refractivity contribution >= 4 is 0 Å². The van der Waals surface area contributed by atoms with Gasteiger partial charge in [-0.3, -0.25) is 0 Å². The highest BCUT2D eigenvalue weighted by Crippen LogP contribution is 2.31. The lowest BCUT2D eigenvalue weighted by molar-refractivity contribution is 0.338. The molecule has 1 fully saturated rings. The van der Waals surface area contributed by atoms with Crippen molar-refractivity contribution in [2.75, 3.05) is 14.1 Å². The second kappa shape index (κ2) is 3.13. The predicted molar refractivity (Wildman–Crippen MR) is 56.7 cm³/mol. The first-order valence-electron chi connectivity index (χ1n) is 4.22. The van der Waals surface area contributed by atoms with Gasteiger partial charge in [0.1, 0.15) is 5.82 Å². The highest BCUT2D eigenvalue weighted by molar-refractivity contribution is 5.47. The molecule has 0 bridgehead atoms. The van der Waals surface area contributed by atoms with Crippen LogP contribution < -0.4 is 0 Å². The van der Waals surface area contributed by atoms with Gasteiger partial charge < -0.3 is 9.80 Å². The summed E-state index contributed by atoms with van der Waals surface area (Å²) in [6.45, 7) is 13.9. The van der Waals surface area contributed by atoms with Gasteiger partial charge in [-0.05, 0) is 6.92 Å². The van der Waals surface area contributed by atoms with Crippen molar-refractivity contribution in [3.8, 4) is 0 Å². The first kappa shape index (κ1) is 9.65. The highest BCUT2D eigenvalue weighted by atomic mass is 15.3. The molecule has 0 aliphatic carbocycles. The molecule has 1 aliphatic rings. The Kier molecular flexibility index (Phi) is 2.32. The van der Waals surface area contributed by atoms with Gasteiger partial charge >= 0.3 is 0 Å². The van der Waals surface area contributed by atoms with Crippen LogP contribution in [0.3, 0.4) is 0 Å². The molecule has 0 N–H and O–H groups in total. The van der Waals surface area contributed by atoms with Gasteiger partial charge in [0, 0.05) is 31.1 Å². The van der Waals surface area contributed by atoms with Crippen LogP contribution in [0, 0.1) is 0 Å². The average Bonchev–Trinajstić information content (AvgIpc) is 2.13. The minimum Gasteiger partial charge on any atom is -0.331 e. The molecule has 1 aliphatic heterocycles. The van der Waals surface area contributed by atoms with Crippen LogP contribution in [0.15, 0.2) is 48.6 Å². The van der Waals surface area contributed by atoms with E-state index in [0.29, 0.717) is 0 Å². The second-order valence-electron chi connectivity index (χ2n) is 3.13. The second-order valence-corrected chi connectivity index (χ2v) is 3.13. The summed E-state index contributed by atoms with van der Waals surface area (Å²) in [6.07, 6.45) is 2.02. The molecular formula is C11H16N2. The zero-order valence-corrected chi connectivity index (χ0v) is 8.59. The van der Waals surface area contributed by atoms with Crippen LogP contribution in [0.5, 0.6) is 0 Å². The number of hydrogen-bond donors (Lipinski definition) is 0. The van der Waals surface area contributed by atoms with Crippen molar-refractivity contribution < 1.29 is 0 Å². The van der Waals surface area contributed by atoms with E-state index in [9.17, 15) is 0 Å². The van der Waals surface area contributed by atoms with Crippen LogP contribution in [0.2, 0.25) is 0 Å². The van der Waals surface area contributed by atoms with Crippen LogP contribution in [0.4, 0.5) is 0 Å². The minimum atomic E-state index is 0.903. The Bertz CT molecular complexity index is 284. The smallest absolute Gasteiger partial charge is 0.105 e. The van der Waals surface area contributed by atoms with E-state index in [1.807, 2.05) is 36.9 Å². The van der Waals surface area contributed by atoms with Crippen molar-refractivity contribution in [3.05, 3.63) is 48.6 Å². The summed E-state index contributed by atoms with van der Waals surface area (Å²) in [5.74, 6) is 0.903. The Labute approximate surface area is 80.1 Å². The largest absolute Gasteiger partial charge is 0.331 e. The summed E-state index contributed by atoms with van der Waals surface area (Å²) in [4.78, 5) is 3.92. The molecule has 1 saturated heterocycles. The molecule has 0 aromatic rings. The molecule has 0 aromatic carbocycles. The summed E-state index contributed by atoms with van der Waals surface area (Å²) < 4.78 is 0. The fourth-order valence-corrected chi connectivity index (χ4v) is 1.40. The lowest BCUT2D eigenvalue weighted by atomic mass is 10.1. The van der Waals surface area contributed by atoms with Gasteiger partial charge in [0.25, 0.3) is 0 Å². The van der Waals surface area contributed by atoms with Crippen LogP contribution in [0.1, 0.15) is 6.92 Å². The molecule has 2 nitrogen and oxygen atoms in total. The molecule has 0 radical (unpaired) electrons. The molecule has 0 aromatic heterocycles. The van der Waals surface area contributed by atoms with Gasteiger partial charge in [0.2, 0.25) is 0 Å². The lowest BCUT2D eigenvalue weighted by Gasteiger charge is -2.39. The first-order chi connectivity index (χ1) is 6.00. The zero-order chi connectivity index (χ0) is 10.2. The van der Waals surface area contributed by atoms with Crippen molar-refractivity contribution in [2.24, 2.45) is 0 Å². The van der Waals surface area contributed by atoms with E-state index < -0.39 is 0 Å². The van der Waals surface area contributed by atoms with Crippen LogP contribution in [-0.2, 0) is 0 Å². The summed E-state index contributed by atoms with van der Waals surface area (Å²) in [6, 6.07) is 0. The normalized spacial score (nSPS) is 18.4. The topological polar surface area (TPSA) is 6.48 Å². The number of rotatable bonds is 0. The Morgan fingerprint density at radius 3 is 1.69 bits per heavy atom. The summed E-state index contributed by atoms with van der Waals surface area (Å²) >= 11 is 0. The molecule has 0 atom stereocenters. The summed E-state index contributed by atoms with van der Waals surface area (Å²) in [5, 5.41) is 0. The van der Waals surface area contributed by atoms with E-state index in [0.717, 1.165) is 22.8 Å². The summed E-state index contributed by atoms with van der Waals surface area (Å²) in [5.41, 5.74) is 2.99. The third-order valence-electron chi connectivity index (χ3n) is 2.49. The van der Waals surface area contributed by atoms with E-state index in [2.05, 4.69) is 19.7 Å². The SMILES string of the molecule is C=C1C(=CC)C(=C)N(C)C(=C)N1C. The number of nitrogens with zero attached hydrogens (tertiary/aromatic N) is 2. The molecule has 0 saturated carbocycles. The van der Waals surface area contributed by atoms with Gasteiger partial charge in [-0.2, -0.15) is 0 Å². The molecule has 70 valence electrons. The van der Waals surface area contributed by atoms with E-state index >= 15 is 0 Å². The van der Waals surface area contributed by atoms with Gasteiger partial charge in [-0.1, -0.05) is 25.8 Å². The monoisotopic (exact) mass is 176 g/mol. The maximum absolute atomic E-state index is 3.99. The molecular weight excluding hydrogens is 160 g/mol. The number of likely N-dealkylation sites (N-methyl/N-ethyl adjacent to an activating group) is 2. The van der Waals surface area contributed by atoms with Gasteiger partial charge in [0.05, 0.1) is 0 Å². The van der Waals surface area contributed by atoms with Gasteiger partial charge in [-0.15, -0.1) is 0 Å². The van der Waals surface area contributed by atoms with E-state index in [-0.39, 0.29) is 0 Å². The van der Waals surface area contributed by atoms with Crippen molar-refractivity contribution in [2.45, 2.75) is 6.92 Å². The van der Waals surface area contributed by atoms with Crippen molar-refractivity contribution in [3.63, 3.8) is 0 Å². The highest BCUT2D eigenvalue weighted by Gasteiger charge is 2.24. The lowest BCUT2D eigenvalue weighted by Crippen LogP contribution is -2.35. The van der Waals surface area contributed by atoms with E-state index in [4.69, 9.17) is 0 Å². The molecule has 0 spiro atoms. The van der Waals surface area contributed by atoms with Gasteiger partial charge in [-0.25, -0.2) is 0 Å².